The van der Waals surface area contributed by atoms with Gasteiger partial charge in [0.25, 0.3) is 0 Å². The summed E-state index contributed by atoms with van der Waals surface area (Å²) >= 11 is 1.20. The fraction of sp³-hybridized carbons (Fsp3) is 0.614. The zero-order valence-corrected chi connectivity index (χ0v) is 46.1. The van der Waals surface area contributed by atoms with Gasteiger partial charge in [-0.15, -0.1) is 0 Å². The SMILES string of the molecule is CC[C@H]1OC(=O)[C@H](C)[C@@H](OC2C[C@@](C)(OC)[C@@H](OC(=O)c3ccccc3)[C@H](C)O2)[C@H](C)[C@@H](O[C@@H]2O[C@H](C)C[C@H](N(C)C)[C@H]2OC(=O)c2ccccc2)[C@@](C)(O)C[C@@H](C)C(=NSc2ccccc2)[C@H](C)[C@@H](O)[C@]1(C)O. The molecule has 74 heavy (non-hydrogen) atoms. The van der Waals surface area contributed by atoms with Gasteiger partial charge in [0, 0.05) is 47.9 Å². The summed E-state index contributed by atoms with van der Waals surface area (Å²) in [5, 5.41) is 37.8. The van der Waals surface area contributed by atoms with E-state index in [-0.39, 0.29) is 25.4 Å². The van der Waals surface area contributed by atoms with Crippen LogP contribution < -0.4 is 0 Å². The van der Waals surface area contributed by atoms with E-state index in [1.165, 1.54) is 26.0 Å². The van der Waals surface area contributed by atoms with E-state index in [9.17, 15) is 29.7 Å². The fourth-order valence-corrected chi connectivity index (χ4v) is 11.9. The van der Waals surface area contributed by atoms with E-state index < -0.39 is 120 Å². The number of methoxy groups -OCH3 is 1. The standard InChI is InChI=1S/C57H80N2O14S/c1-14-43-57(10,65)48(60)35(4)45(58-74-41-28-22-17-23-29-41)33(2)31-55(8,64)49(73-54-47(42(59(11)12)30-34(3)67-54)71-52(62)39-24-18-15-19-25-39)36(5)46(37(6)51(61)69-43)70-44-32-56(9,66-13)50(38(7)68-44)72-53(63)40-26-20-16-21-27-40/h15-29,33-38,42-44,46-50,54,60,64-65H,14,30-32H2,1-13H3/t33-,34-,35+,36+,37-,38+,42+,43-,44?,46+,47-,48-,49-,50+,54+,55+,56-,57-/m1/s1. The lowest BCUT2D eigenvalue weighted by Gasteiger charge is -2.50. The maximum absolute atomic E-state index is 14.8. The second-order valence-electron chi connectivity index (χ2n) is 21.5. The molecule has 0 spiro atoms. The van der Waals surface area contributed by atoms with Crippen molar-refractivity contribution < 1.29 is 67.6 Å². The first-order chi connectivity index (χ1) is 34.9. The van der Waals surface area contributed by atoms with E-state index in [0.29, 0.717) is 23.3 Å². The van der Waals surface area contributed by atoms with Crippen LogP contribution in [-0.2, 0) is 42.7 Å². The predicted molar refractivity (Wildman–Crippen MR) is 280 cm³/mol. The van der Waals surface area contributed by atoms with Gasteiger partial charge >= 0.3 is 17.9 Å². The first-order valence-corrected chi connectivity index (χ1v) is 26.7. The Morgan fingerprint density at radius 3 is 1.89 bits per heavy atom. The molecule has 6 rings (SSSR count). The monoisotopic (exact) mass is 1050 g/mol. The van der Waals surface area contributed by atoms with Crippen LogP contribution in [0.4, 0.5) is 0 Å². The first kappa shape index (κ1) is 59.0. The van der Waals surface area contributed by atoms with Crippen molar-refractivity contribution >= 4 is 35.6 Å². The van der Waals surface area contributed by atoms with Crippen LogP contribution >= 0.6 is 11.9 Å². The molecule has 408 valence electrons. The maximum Gasteiger partial charge on any atom is 0.338 e. The zero-order chi connectivity index (χ0) is 54.3. The summed E-state index contributed by atoms with van der Waals surface area (Å²) in [6.45, 7) is 17.4. The average Bonchev–Trinajstić information content (AvgIpc) is 3.37. The van der Waals surface area contributed by atoms with Crippen LogP contribution in [0.3, 0.4) is 0 Å². The molecule has 3 saturated heterocycles. The van der Waals surface area contributed by atoms with E-state index in [1.54, 1.807) is 109 Å². The normalized spacial score (nSPS) is 38.1. The molecular formula is C57H80N2O14S. The summed E-state index contributed by atoms with van der Waals surface area (Å²) in [6, 6.07) is 26.3. The number of rotatable bonds is 13. The second kappa shape index (κ2) is 25.3. The molecule has 3 fully saturated rings. The largest absolute Gasteiger partial charge is 0.459 e. The molecule has 0 amide bonds. The Labute approximate surface area is 441 Å². The van der Waals surface area contributed by atoms with Crippen LogP contribution in [0.1, 0.15) is 116 Å². The fourth-order valence-electron chi connectivity index (χ4n) is 11.0. The van der Waals surface area contributed by atoms with Crippen molar-refractivity contribution in [2.45, 2.75) is 184 Å². The highest BCUT2D eigenvalue weighted by atomic mass is 32.2. The lowest BCUT2D eigenvalue weighted by Crippen LogP contribution is -2.62. The number of nitrogens with zero attached hydrogens (tertiary/aromatic N) is 2. The highest BCUT2D eigenvalue weighted by Gasteiger charge is 2.55. The Bertz CT molecular complexity index is 2320. The van der Waals surface area contributed by atoms with E-state index in [1.807, 2.05) is 63.2 Å². The molecule has 0 bridgehead atoms. The summed E-state index contributed by atoms with van der Waals surface area (Å²) in [6.07, 6.45) is -9.87. The van der Waals surface area contributed by atoms with Crippen molar-refractivity contribution in [1.29, 1.82) is 0 Å². The number of carbonyl (C=O) groups is 3. The van der Waals surface area contributed by atoms with Crippen molar-refractivity contribution in [3.63, 3.8) is 0 Å². The molecule has 16 nitrogen and oxygen atoms in total. The molecule has 0 radical (unpaired) electrons. The number of aliphatic hydroxyl groups excluding tert-OH is 1. The summed E-state index contributed by atoms with van der Waals surface area (Å²) in [5.74, 6) is -5.35. The minimum absolute atomic E-state index is 0.0147. The van der Waals surface area contributed by atoms with Crippen LogP contribution in [0.25, 0.3) is 0 Å². The van der Waals surface area contributed by atoms with Gasteiger partial charge < -0.3 is 58.1 Å². The highest BCUT2D eigenvalue weighted by Crippen LogP contribution is 2.42. The molecule has 3 aromatic rings. The van der Waals surface area contributed by atoms with E-state index in [0.717, 1.165) is 4.90 Å². The third kappa shape index (κ3) is 13.8. The number of hydrogen-bond acceptors (Lipinski definition) is 17. The van der Waals surface area contributed by atoms with Gasteiger partial charge in [-0.1, -0.05) is 82.3 Å². The van der Waals surface area contributed by atoms with Gasteiger partial charge in [-0.2, -0.15) is 0 Å². The molecule has 17 heteroatoms. The van der Waals surface area contributed by atoms with Gasteiger partial charge in [0.05, 0.1) is 59.2 Å². The number of carbonyl (C=O) groups excluding carboxylic acids is 3. The third-order valence-electron chi connectivity index (χ3n) is 15.3. The number of benzene rings is 3. The Morgan fingerprint density at radius 1 is 0.770 bits per heavy atom. The second-order valence-corrected chi connectivity index (χ2v) is 22.3. The van der Waals surface area contributed by atoms with Gasteiger partial charge in [0.2, 0.25) is 0 Å². The molecule has 0 saturated carbocycles. The molecular weight excluding hydrogens is 969 g/mol. The third-order valence-corrected chi connectivity index (χ3v) is 16.1. The first-order valence-electron chi connectivity index (χ1n) is 25.9. The minimum atomic E-state index is -1.97. The van der Waals surface area contributed by atoms with Gasteiger partial charge in [0.15, 0.2) is 24.8 Å². The number of ether oxygens (including phenoxy) is 8. The molecule has 3 aliphatic heterocycles. The Morgan fingerprint density at radius 2 is 1.34 bits per heavy atom. The van der Waals surface area contributed by atoms with Gasteiger partial charge in [-0.05, 0) is 117 Å². The molecule has 3 aromatic carbocycles. The van der Waals surface area contributed by atoms with Crippen LogP contribution in [0.15, 0.2) is 100 Å². The van der Waals surface area contributed by atoms with Crippen LogP contribution in [0.2, 0.25) is 0 Å². The highest BCUT2D eigenvalue weighted by molar-refractivity contribution is 7.98. The van der Waals surface area contributed by atoms with Gasteiger partial charge in [-0.3, -0.25) is 4.79 Å². The Balaban J connectivity index is 1.47. The van der Waals surface area contributed by atoms with E-state index in [4.69, 9.17) is 42.3 Å². The van der Waals surface area contributed by atoms with Crippen molar-refractivity contribution in [2.24, 2.45) is 28.1 Å². The van der Waals surface area contributed by atoms with Crippen molar-refractivity contribution in [3.05, 3.63) is 102 Å². The minimum Gasteiger partial charge on any atom is -0.459 e. The van der Waals surface area contributed by atoms with Gasteiger partial charge in [-0.25, -0.2) is 14.0 Å². The van der Waals surface area contributed by atoms with Crippen LogP contribution in [0, 0.1) is 23.7 Å². The molecule has 18 atom stereocenters. The van der Waals surface area contributed by atoms with Crippen LogP contribution in [-0.4, -0.2) is 149 Å². The topological polar surface area (TPSA) is 201 Å². The molecule has 3 N–H and O–H groups in total. The molecule has 1 unspecified atom stereocenters. The number of hydrogen-bond donors (Lipinski definition) is 3. The summed E-state index contributed by atoms with van der Waals surface area (Å²) in [5.41, 5.74) is -3.79. The Kier molecular flexibility index (Phi) is 20.1. The van der Waals surface area contributed by atoms with E-state index in [2.05, 4.69) is 0 Å². The van der Waals surface area contributed by atoms with E-state index >= 15 is 0 Å². The average molecular weight is 1050 g/mol. The maximum atomic E-state index is 14.8. The van der Waals surface area contributed by atoms with Crippen molar-refractivity contribution in [3.8, 4) is 0 Å². The Hall–Kier alpha value is -4.27. The van der Waals surface area contributed by atoms with Crippen molar-refractivity contribution in [1.82, 2.24) is 4.90 Å². The summed E-state index contributed by atoms with van der Waals surface area (Å²) in [4.78, 5) is 45.0. The van der Waals surface area contributed by atoms with Gasteiger partial charge in [0.1, 0.15) is 17.3 Å². The predicted octanol–water partition coefficient (Wildman–Crippen LogP) is 8.09. The molecule has 3 aliphatic rings. The van der Waals surface area contributed by atoms with Crippen LogP contribution in [0.5, 0.6) is 0 Å². The number of esters is 3. The van der Waals surface area contributed by atoms with Crippen molar-refractivity contribution in [2.75, 3.05) is 21.2 Å². The number of aliphatic hydroxyl groups is 3. The molecule has 0 aliphatic carbocycles. The lowest BCUT2D eigenvalue weighted by atomic mass is 9.73. The lowest BCUT2D eigenvalue weighted by molar-refractivity contribution is -0.317. The number of likely N-dealkylation sites (N-methyl/N-ethyl adjacent to an activating group) is 1. The zero-order valence-electron chi connectivity index (χ0n) is 45.3. The molecule has 0 aromatic heterocycles. The summed E-state index contributed by atoms with van der Waals surface area (Å²) in [7, 11) is 5.29. The summed E-state index contributed by atoms with van der Waals surface area (Å²) < 4.78 is 57.2. The molecule has 3 heterocycles. The quantitative estimate of drug-likeness (QED) is 0.0842. The number of cyclic esters (lactones) is 1. The smallest absolute Gasteiger partial charge is 0.338 e.